The van der Waals surface area contributed by atoms with Gasteiger partial charge >= 0.3 is 5.97 Å². The van der Waals surface area contributed by atoms with Crippen molar-refractivity contribution in [3.05, 3.63) is 25.9 Å². The van der Waals surface area contributed by atoms with Gasteiger partial charge in [-0.25, -0.2) is 0 Å². The van der Waals surface area contributed by atoms with Gasteiger partial charge in [-0.05, 0) is 6.92 Å². The maximum Gasteiger partial charge on any atom is 0.322 e. The Morgan fingerprint density at radius 3 is 2.69 bits per heavy atom. The summed E-state index contributed by atoms with van der Waals surface area (Å²) in [7, 11) is 0. The van der Waals surface area contributed by atoms with Crippen LogP contribution in [0.15, 0.2) is 6.07 Å². The number of aliphatic carboxylic acids is 1. The number of amides is 1. The van der Waals surface area contributed by atoms with E-state index in [-0.39, 0.29) is 10.6 Å². The Morgan fingerprint density at radius 2 is 2.25 bits per heavy atom. The quantitative estimate of drug-likeness (QED) is 0.600. The molecule has 1 heterocycles. The Kier molecular flexibility index (Phi) is 3.56. The van der Waals surface area contributed by atoms with Crippen LogP contribution >= 0.6 is 11.3 Å². The lowest BCUT2D eigenvalue weighted by molar-refractivity contribution is -0.385. The monoisotopic (exact) mass is 244 g/mol. The summed E-state index contributed by atoms with van der Waals surface area (Å²) in [4.78, 5) is 32.0. The first kappa shape index (κ1) is 12.1. The molecule has 0 atom stereocenters. The van der Waals surface area contributed by atoms with Gasteiger partial charge in [0, 0.05) is 6.07 Å². The molecule has 0 saturated carbocycles. The second kappa shape index (κ2) is 4.71. The van der Waals surface area contributed by atoms with E-state index >= 15 is 0 Å². The van der Waals surface area contributed by atoms with Crippen LogP contribution in [-0.4, -0.2) is 28.5 Å². The minimum absolute atomic E-state index is 0.130. The lowest BCUT2D eigenvalue weighted by atomic mass is 10.3. The van der Waals surface area contributed by atoms with Crippen molar-refractivity contribution in [3.8, 4) is 0 Å². The van der Waals surface area contributed by atoms with E-state index < -0.39 is 23.3 Å². The van der Waals surface area contributed by atoms with Gasteiger partial charge in [-0.15, -0.1) is 11.3 Å². The van der Waals surface area contributed by atoms with E-state index in [1.54, 1.807) is 0 Å². The van der Waals surface area contributed by atoms with Crippen molar-refractivity contribution in [3.63, 3.8) is 0 Å². The van der Waals surface area contributed by atoms with E-state index in [4.69, 9.17) is 5.11 Å². The van der Waals surface area contributed by atoms with Gasteiger partial charge in [0.05, 0.1) is 14.7 Å². The minimum Gasteiger partial charge on any atom is -0.480 e. The zero-order chi connectivity index (χ0) is 12.3. The van der Waals surface area contributed by atoms with Crippen LogP contribution in [0.25, 0.3) is 0 Å². The van der Waals surface area contributed by atoms with Crippen molar-refractivity contribution in [2.75, 3.05) is 6.54 Å². The lowest BCUT2D eigenvalue weighted by Crippen LogP contribution is -2.28. The van der Waals surface area contributed by atoms with Crippen molar-refractivity contribution < 1.29 is 19.6 Å². The van der Waals surface area contributed by atoms with Crippen molar-refractivity contribution in [2.45, 2.75) is 6.92 Å². The summed E-state index contributed by atoms with van der Waals surface area (Å²) in [6.45, 7) is 1.01. The molecule has 0 aromatic carbocycles. The summed E-state index contributed by atoms with van der Waals surface area (Å²) in [6.07, 6.45) is 0. The largest absolute Gasteiger partial charge is 0.480 e. The number of nitrogens with zero attached hydrogens (tertiary/aromatic N) is 1. The smallest absolute Gasteiger partial charge is 0.322 e. The molecular formula is C8H8N2O5S. The average Bonchev–Trinajstić information content (AvgIpc) is 2.56. The van der Waals surface area contributed by atoms with Crippen LogP contribution in [0.1, 0.15) is 14.5 Å². The van der Waals surface area contributed by atoms with E-state index in [0.717, 1.165) is 17.4 Å². The Morgan fingerprint density at radius 1 is 1.62 bits per heavy atom. The summed E-state index contributed by atoms with van der Waals surface area (Å²) in [5.74, 6) is -1.79. The molecule has 0 spiro atoms. The Bertz CT molecular complexity index is 453. The number of hydrogen-bond acceptors (Lipinski definition) is 5. The summed E-state index contributed by atoms with van der Waals surface area (Å²) in [5, 5.41) is 21.0. The van der Waals surface area contributed by atoms with Gasteiger partial charge in [0.25, 0.3) is 11.6 Å². The van der Waals surface area contributed by atoms with Gasteiger partial charge in [0.1, 0.15) is 6.54 Å². The lowest BCUT2D eigenvalue weighted by Gasteiger charge is -1.97. The number of nitro groups is 1. The molecule has 1 aromatic rings. The fourth-order valence-corrected chi connectivity index (χ4v) is 1.91. The predicted octanol–water partition coefficient (Wildman–Crippen LogP) is 0.779. The number of carboxylic acid groups (broad SMARTS) is 1. The molecule has 0 saturated heterocycles. The molecule has 0 aliphatic carbocycles. The highest BCUT2D eigenvalue weighted by Gasteiger charge is 2.19. The molecule has 1 rings (SSSR count). The topological polar surface area (TPSA) is 110 Å². The molecule has 0 unspecified atom stereocenters. The van der Waals surface area contributed by atoms with Crippen LogP contribution < -0.4 is 5.32 Å². The predicted molar refractivity (Wildman–Crippen MR) is 55.7 cm³/mol. The first-order valence-electron chi connectivity index (χ1n) is 4.16. The second-order valence-electron chi connectivity index (χ2n) is 2.89. The van der Waals surface area contributed by atoms with Crippen molar-refractivity contribution in [1.82, 2.24) is 5.32 Å². The zero-order valence-electron chi connectivity index (χ0n) is 8.22. The number of aryl methyl sites for hydroxylation is 1. The average molecular weight is 244 g/mol. The van der Waals surface area contributed by atoms with E-state index in [2.05, 4.69) is 5.32 Å². The highest BCUT2D eigenvalue weighted by molar-refractivity contribution is 7.14. The molecule has 2 N–H and O–H groups in total. The van der Waals surface area contributed by atoms with Crippen LogP contribution in [0, 0.1) is 17.0 Å². The number of carboxylic acids is 1. The Balaban J connectivity index is 2.81. The van der Waals surface area contributed by atoms with Gasteiger partial charge in [0.15, 0.2) is 0 Å². The van der Waals surface area contributed by atoms with Crippen molar-refractivity contribution in [1.29, 1.82) is 0 Å². The number of carbonyl (C=O) groups is 2. The third-order valence-electron chi connectivity index (χ3n) is 1.71. The van der Waals surface area contributed by atoms with Gasteiger partial charge < -0.3 is 10.4 Å². The normalized spacial score (nSPS) is 9.81. The first-order valence-corrected chi connectivity index (χ1v) is 4.98. The second-order valence-corrected chi connectivity index (χ2v) is 4.14. The van der Waals surface area contributed by atoms with E-state index in [1.807, 2.05) is 0 Å². The molecule has 1 amide bonds. The fourth-order valence-electron chi connectivity index (χ4n) is 1.01. The van der Waals surface area contributed by atoms with E-state index in [1.165, 1.54) is 6.92 Å². The van der Waals surface area contributed by atoms with Crippen LogP contribution in [0.5, 0.6) is 0 Å². The molecule has 8 heteroatoms. The Hall–Kier alpha value is -1.96. The van der Waals surface area contributed by atoms with Gasteiger partial charge in [-0.3, -0.25) is 19.7 Å². The number of rotatable bonds is 4. The molecular weight excluding hydrogens is 236 g/mol. The summed E-state index contributed by atoms with van der Waals surface area (Å²) in [6, 6.07) is 1.14. The number of thiophene rings is 1. The van der Waals surface area contributed by atoms with Crippen LogP contribution in [0.2, 0.25) is 0 Å². The zero-order valence-corrected chi connectivity index (χ0v) is 9.04. The van der Waals surface area contributed by atoms with Gasteiger partial charge in [0.2, 0.25) is 0 Å². The first-order chi connectivity index (χ1) is 7.41. The summed E-state index contributed by atoms with van der Waals surface area (Å²) in [5.41, 5.74) is -0.134. The molecule has 0 bridgehead atoms. The van der Waals surface area contributed by atoms with E-state index in [9.17, 15) is 19.7 Å². The molecule has 7 nitrogen and oxygen atoms in total. The molecule has 86 valence electrons. The standard InChI is InChI=1S/C8H8N2O5S/c1-4-5(10(14)15)2-6(16-4)8(13)9-3-7(11)12/h2H,3H2,1H3,(H,9,13)(H,11,12). The third-order valence-corrected chi connectivity index (χ3v) is 2.75. The SMILES string of the molecule is Cc1sc(C(=O)NCC(=O)O)cc1[N+](=O)[O-]. The third kappa shape index (κ3) is 2.76. The number of nitrogens with one attached hydrogen (secondary N) is 1. The van der Waals surface area contributed by atoms with Gasteiger partial charge in [-0.1, -0.05) is 0 Å². The number of carbonyl (C=O) groups excluding carboxylic acids is 1. The molecule has 0 aliphatic heterocycles. The minimum atomic E-state index is -1.17. The van der Waals surface area contributed by atoms with Crippen LogP contribution in [-0.2, 0) is 4.79 Å². The summed E-state index contributed by atoms with van der Waals surface area (Å²) >= 11 is 0.956. The maximum absolute atomic E-state index is 11.4. The van der Waals surface area contributed by atoms with Crippen molar-refractivity contribution in [2.24, 2.45) is 0 Å². The number of hydrogen-bond donors (Lipinski definition) is 2. The van der Waals surface area contributed by atoms with Gasteiger partial charge in [-0.2, -0.15) is 0 Å². The molecule has 0 aliphatic rings. The van der Waals surface area contributed by atoms with Crippen molar-refractivity contribution >= 4 is 28.9 Å². The Labute approximate surface area is 93.9 Å². The molecule has 0 radical (unpaired) electrons. The van der Waals surface area contributed by atoms with Crippen LogP contribution in [0.3, 0.4) is 0 Å². The molecule has 16 heavy (non-hydrogen) atoms. The molecule has 0 fully saturated rings. The highest BCUT2D eigenvalue weighted by Crippen LogP contribution is 2.27. The summed E-state index contributed by atoms with van der Waals surface area (Å²) < 4.78 is 0. The fraction of sp³-hybridized carbons (Fsp3) is 0.250. The highest BCUT2D eigenvalue weighted by atomic mass is 32.1. The van der Waals surface area contributed by atoms with E-state index in [0.29, 0.717) is 4.88 Å². The molecule has 1 aromatic heterocycles. The maximum atomic E-state index is 11.4. The van der Waals surface area contributed by atoms with Crippen LogP contribution in [0.4, 0.5) is 5.69 Å².